The molecule has 1 saturated heterocycles. The van der Waals surface area contributed by atoms with Crippen LogP contribution < -0.4 is 16.4 Å². The third-order valence-corrected chi connectivity index (χ3v) is 11.5. The van der Waals surface area contributed by atoms with E-state index in [0.717, 1.165) is 54.7 Å². The number of sulfonamides is 1. The molecule has 3 rings (SSSR count). The molecule has 0 aliphatic carbocycles. The Morgan fingerprint density at radius 1 is 1.04 bits per heavy atom. The number of hydrogen-bond acceptors (Lipinski definition) is 6. The van der Waals surface area contributed by atoms with Gasteiger partial charge in [0.25, 0.3) is 5.91 Å². The quantitative estimate of drug-likeness (QED) is 0.160. The number of primary amides is 1. The summed E-state index contributed by atoms with van der Waals surface area (Å²) in [6.45, 7) is 19.0. The summed E-state index contributed by atoms with van der Waals surface area (Å²) in [6.07, 6.45) is 6.31. The van der Waals surface area contributed by atoms with Crippen LogP contribution in [0.5, 0.6) is 0 Å². The van der Waals surface area contributed by atoms with Crippen LogP contribution >= 0.6 is 0 Å². The van der Waals surface area contributed by atoms with Crippen molar-refractivity contribution in [2.24, 2.45) is 17.6 Å². The smallest absolute Gasteiger partial charge is 0.250 e. The number of carbonyl (C=O) groups excluding carboxylic acids is 1. The highest BCUT2D eigenvalue weighted by molar-refractivity contribution is 7.89. The van der Waals surface area contributed by atoms with Gasteiger partial charge in [-0.2, -0.15) is 0 Å². The first-order chi connectivity index (χ1) is 21.5. The van der Waals surface area contributed by atoms with E-state index in [9.17, 15) is 13.2 Å². The highest BCUT2D eigenvalue weighted by Gasteiger charge is 2.30. The predicted molar refractivity (Wildman–Crippen MR) is 190 cm³/mol. The van der Waals surface area contributed by atoms with Gasteiger partial charge in [-0.05, 0) is 91.6 Å². The van der Waals surface area contributed by atoms with Crippen molar-refractivity contribution < 1.29 is 13.2 Å². The molecule has 0 aromatic heterocycles. The molecule has 2 aromatic rings. The van der Waals surface area contributed by atoms with E-state index in [2.05, 4.69) is 80.1 Å². The number of nitrogens with two attached hydrogens (primary N) is 1. The Morgan fingerprint density at radius 3 is 2.27 bits per heavy atom. The standard InChI is InChI=1S/C36H57N5O3S/c1-8-13-19-40(11-4)36(28(9-2)10-3)39-25-27-15-14-16-30(22-27)31-23-32(34(38-7)33(24-31)35(37)42)26(6)29-17-20-41(21-18-29)45(43,44)12-5/h14-16,22-24,28-29,36,38-39H,6,8-13,17-21,25H2,1-5,7H3,(H2,37,42). The molecule has 9 heteroatoms. The van der Waals surface area contributed by atoms with Gasteiger partial charge >= 0.3 is 0 Å². The summed E-state index contributed by atoms with van der Waals surface area (Å²) in [5, 5.41) is 7.10. The zero-order chi connectivity index (χ0) is 33.1. The summed E-state index contributed by atoms with van der Waals surface area (Å²) in [4.78, 5) is 15.3. The number of nitrogens with zero attached hydrogens (tertiary/aromatic N) is 2. The second kappa shape index (κ2) is 17.3. The maximum Gasteiger partial charge on any atom is 0.250 e. The molecule has 8 nitrogen and oxygen atoms in total. The van der Waals surface area contributed by atoms with Crippen LogP contribution in [0.2, 0.25) is 0 Å². The molecule has 45 heavy (non-hydrogen) atoms. The minimum atomic E-state index is -3.22. The molecule has 0 spiro atoms. The molecule has 1 amide bonds. The van der Waals surface area contributed by atoms with Gasteiger partial charge in [0, 0.05) is 32.2 Å². The van der Waals surface area contributed by atoms with Gasteiger partial charge in [-0.25, -0.2) is 12.7 Å². The average molecular weight is 640 g/mol. The van der Waals surface area contributed by atoms with Gasteiger partial charge in [-0.1, -0.05) is 71.7 Å². The number of amides is 1. The highest BCUT2D eigenvalue weighted by atomic mass is 32.2. The van der Waals surface area contributed by atoms with Gasteiger partial charge in [0.15, 0.2) is 0 Å². The molecular formula is C36H57N5O3S. The Labute approximate surface area is 272 Å². The van der Waals surface area contributed by atoms with Crippen molar-refractivity contribution in [2.75, 3.05) is 44.3 Å². The van der Waals surface area contributed by atoms with Crippen LogP contribution in [-0.2, 0) is 16.6 Å². The number of hydrogen-bond donors (Lipinski definition) is 3. The van der Waals surface area contributed by atoms with Crippen molar-refractivity contribution in [1.82, 2.24) is 14.5 Å². The normalized spacial score (nSPS) is 15.5. The van der Waals surface area contributed by atoms with Crippen molar-refractivity contribution in [3.8, 4) is 11.1 Å². The molecule has 1 atom stereocenters. The van der Waals surface area contributed by atoms with Crippen LogP contribution in [0.15, 0.2) is 43.0 Å². The van der Waals surface area contributed by atoms with Crippen LogP contribution in [0.4, 0.5) is 5.69 Å². The van der Waals surface area contributed by atoms with E-state index in [-0.39, 0.29) is 11.7 Å². The number of nitrogens with one attached hydrogen (secondary N) is 2. The van der Waals surface area contributed by atoms with Gasteiger partial charge in [-0.15, -0.1) is 0 Å². The summed E-state index contributed by atoms with van der Waals surface area (Å²) in [6, 6.07) is 12.4. The predicted octanol–water partition coefficient (Wildman–Crippen LogP) is 6.54. The number of rotatable bonds is 18. The van der Waals surface area contributed by atoms with Gasteiger partial charge in [0.05, 0.1) is 23.2 Å². The Kier molecular flexibility index (Phi) is 14.1. The SMILES string of the molecule is C=C(c1cc(-c2cccc(CNC(C(CC)CC)N(CC)CCCC)c2)cc(C(N)=O)c1NC)C1CCN(S(=O)(=O)CC)CC1. The Hall–Kier alpha value is -2.72. The lowest BCUT2D eigenvalue weighted by molar-refractivity contribution is 0.100. The van der Waals surface area contributed by atoms with Gasteiger partial charge in [0.2, 0.25) is 10.0 Å². The zero-order valence-corrected chi connectivity index (χ0v) is 29.3. The number of piperidine rings is 1. The molecule has 1 unspecified atom stereocenters. The van der Waals surface area contributed by atoms with E-state index < -0.39 is 15.9 Å². The molecule has 0 saturated carbocycles. The summed E-state index contributed by atoms with van der Waals surface area (Å²) in [5.41, 5.74) is 11.8. The zero-order valence-electron chi connectivity index (χ0n) is 28.5. The summed E-state index contributed by atoms with van der Waals surface area (Å²) in [7, 11) is -1.43. The lowest BCUT2D eigenvalue weighted by Gasteiger charge is -2.37. The van der Waals surface area contributed by atoms with E-state index in [0.29, 0.717) is 49.3 Å². The van der Waals surface area contributed by atoms with Crippen LogP contribution in [0, 0.1) is 11.8 Å². The largest absolute Gasteiger partial charge is 0.387 e. The maximum atomic E-state index is 12.7. The third-order valence-electron chi connectivity index (χ3n) is 9.57. The summed E-state index contributed by atoms with van der Waals surface area (Å²) >= 11 is 0. The van der Waals surface area contributed by atoms with Crippen LogP contribution in [0.25, 0.3) is 16.7 Å². The maximum absolute atomic E-state index is 12.7. The van der Waals surface area contributed by atoms with Crippen molar-refractivity contribution in [3.63, 3.8) is 0 Å². The highest BCUT2D eigenvalue weighted by Crippen LogP contribution is 2.39. The lowest BCUT2D eigenvalue weighted by atomic mass is 9.83. The van der Waals surface area contributed by atoms with E-state index in [1.165, 1.54) is 18.4 Å². The monoisotopic (exact) mass is 639 g/mol. The van der Waals surface area contributed by atoms with Crippen molar-refractivity contribution in [2.45, 2.75) is 85.9 Å². The van der Waals surface area contributed by atoms with Crippen molar-refractivity contribution in [1.29, 1.82) is 0 Å². The average Bonchev–Trinajstić information content (AvgIpc) is 3.06. The third kappa shape index (κ3) is 9.18. The molecule has 1 heterocycles. The molecule has 2 aromatic carbocycles. The van der Waals surface area contributed by atoms with Crippen molar-refractivity contribution in [3.05, 3.63) is 59.7 Å². The molecule has 1 aliphatic heterocycles. The number of benzene rings is 2. The molecule has 1 aliphatic rings. The Morgan fingerprint density at radius 2 is 1.71 bits per heavy atom. The number of allylic oxidation sites excluding steroid dienone is 1. The molecule has 4 N–H and O–H groups in total. The lowest BCUT2D eigenvalue weighted by Crippen LogP contribution is -2.50. The van der Waals surface area contributed by atoms with E-state index in [1.807, 2.05) is 6.07 Å². The Bertz CT molecular complexity index is 1380. The van der Waals surface area contributed by atoms with E-state index >= 15 is 0 Å². The number of carbonyl (C=O) groups is 1. The number of unbranched alkanes of at least 4 members (excludes halogenated alkanes) is 1. The molecule has 0 bridgehead atoms. The second-order valence-corrected chi connectivity index (χ2v) is 14.5. The second-order valence-electron chi connectivity index (χ2n) is 12.2. The first-order valence-corrected chi connectivity index (χ1v) is 18.5. The first-order valence-electron chi connectivity index (χ1n) is 16.9. The van der Waals surface area contributed by atoms with Crippen LogP contribution in [0.1, 0.15) is 94.6 Å². The van der Waals surface area contributed by atoms with Gasteiger partial charge in [-0.3, -0.25) is 15.0 Å². The fraction of sp³-hybridized carbons (Fsp3) is 0.583. The topological polar surface area (TPSA) is 108 Å². The van der Waals surface area contributed by atoms with Gasteiger partial charge in [0.1, 0.15) is 0 Å². The van der Waals surface area contributed by atoms with E-state index in [4.69, 9.17) is 5.73 Å². The minimum Gasteiger partial charge on any atom is -0.387 e. The van der Waals surface area contributed by atoms with Gasteiger partial charge < -0.3 is 11.1 Å². The minimum absolute atomic E-state index is 0.100. The Balaban J connectivity index is 1.92. The van der Waals surface area contributed by atoms with Crippen LogP contribution in [-0.4, -0.2) is 68.7 Å². The first kappa shape index (κ1) is 36.7. The molecule has 1 fully saturated rings. The summed E-state index contributed by atoms with van der Waals surface area (Å²) in [5.74, 6) is 0.273. The van der Waals surface area contributed by atoms with Crippen LogP contribution in [0.3, 0.4) is 0 Å². The van der Waals surface area contributed by atoms with E-state index in [1.54, 1.807) is 18.3 Å². The fourth-order valence-electron chi connectivity index (χ4n) is 6.68. The number of anilines is 1. The molecular weight excluding hydrogens is 582 g/mol. The fourth-order valence-corrected chi connectivity index (χ4v) is 7.81. The van der Waals surface area contributed by atoms with Crippen molar-refractivity contribution >= 4 is 27.2 Å². The summed E-state index contributed by atoms with van der Waals surface area (Å²) < 4.78 is 26.4. The molecule has 250 valence electrons. The molecule has 0 radical (unpaired) electrons.